The Hall–Kier alpha value is -5.29. The van der Waals surface area contributed by atoms with Crippen LogP contribution in [0.1, 0.15) is 111 Å². The van der Waals surface area contributed by atoms with Crippen LogP contribution < -0.4 is 11.1 Å². The Kier molecular flexibility index (Phi) is 42.0. The lowest BCUT2D eigenvalue weighted by molar-refractivity contribution is -0.309. The van der Waals surface area contributed by atoms with Crippen molar-refractivity contribution in [1.29, 1.82) is 0 Å². The van der Waals surface area contributed by atoms with E-state index in [9.17, 15) is 91.0 Å². The van der Waals surface area contributed by atoms with Gasteiger partial charge in [0.05, 0.1) is 85.5 Å². The molecule has 512 valence electrons. The highest BCUT2D eigenvalue weighted by Gasteiger charge is 2.44. The van der Waals surface area contributed by atoms with E-state index in [2.05, 4.69) is 5.32 Å². The average Bonchev–Trinajstić information content (AvgIpc) is 1.48. The SMILES string of the molecule is CC(/C=C/C=C/C=C/C=C/C=CC=CC(=O)NC1C(=O)CCC1=O)C(O)C(C)C(O)C=CC=CC=CC=CC=CCC(OC1OC(C)C(O)C(O)C1O)C(C)C(O)CC(O)CC(O)CC(O)C=CCC(O)CC(O)CC(O)CC(O)C=CCC(O)CC(O)CCN. The first-order valence-corrected chi connectivity index (χ1v) is 31.5. The van der Waals surface area contributed by atoms with E-state index in [0.29, 0.717) is 13.0 Å². The highest BCUT2D eigenvalue weighted by molar-refractivity contribution is 6.14. The van der Waals surface area contributed by atoms with Crippen molar-refractivity contribution in [3.63, 3.8) is 0 Å². The fourth-order valence-corrected chi connectivity index (χ4v) is 9.86. The standard InChI is InChI=1S/C69H106N2O20/c1-45(26-20-16-12-8-5-6-11-15-19-23-33-63(85)71-64-59(82)34-35-60(64)83)65(86)47(3)58(81)31-21-17-13-9-7-10-14-18-22-32-62(91-69-68(89)67(88)66(87)48(4)90-69)46(2)61(84)44-57(80)43-56(79)41-52(75)30-25-29-51(74)40-55(78)42-54(77)39-50(73)28-24-27-49(72)38-53(76)36-37-70/h5-26,28,30-31,33,45-58,61-62,64-69,72-81,84,86-89H,27,29,32,34-44,70H2,1-4H3,(H,71,85)/b8-5+,9-7?,11-6+,14-10?,16-12+,17-13?,19-15?,22-18?,26-20+,28-24?,30-25?,31-21?,33-23?. The molecule has 22 nitrogen and oxygen atoms in total. The number of carbonyl (C=O) groups excluding carboxylic acids is 3. The van der Waals surface area contributed by atoms with Crippen molar-refractivity contribution in [2.45, 2.75) is 227 Å². The second-order valence-electron chi connectivity index (χ2n) is 23.6. The van der Waals surface area contributed by atoms with Crippen LogP contribution in [0.15, 0.2) is 158 Å². The molecule has 0 aromatic rings. The molecule has 1 amide bonds. The largest absolute Gasteiger partial charge is 0.393 e. The molecule has 0 radical (unpaired) electrons. The van der Waals surface area contributed by atoms with Gasteiger partial charge in [-0.05, 0) is 71.3 Å². The van der Waals surface area contributed by atoms with Crippen LogP contribution in [0.25, 0.3) is 0 Å². The summed E-state index contributed by atoms with van der Waals surface area (Å²) in [5, 5.41) is 160. The highest BCUT2D eigenvalue weighted by atomic mass is 16.7. The van der Waals surface area contributed by atoms with Gasteiger partial charge in [0.25, 0.3) is 0 Å². The van der Waals surface area contributed by atoms with E-state index in [1.807, 2.05) is 37.3 Å². The normalized spacial score (nSPS) is 24.9. The van der Waals surface area contributed by atoms with Crippen molar-refractivity contribution in [2.75, 3.05) is 6.54 Å². The first-order chi connectivity index (χ1) is 43.2. The molecule has 22 heteroatoms. The Bertz CT molecular complexity index is 2450. The zero-order valence-electron chi connectivity index (χ0n) is 52.9. The Balaban J connectivity index is 1.83. The molecule has 1 heterocycles. The molecule has 1 saturated carbocycles. The van der Waals surface area contributed by atoms with E-state index >= 15 is 0 Å². The zero-order chi connectivity index (χ0) is 67.8. The molecule has 18 N–H and O–H groups in total. The number of rotatable bonds is 44. The number of allylic oxidation sites excluding steroid dienone is 18. The summed E-state index contributed by atoms with van der Waals surface area (Å²) in [4.78, 5) is 35.2. The Labute approximate surface area is 536 Å². The molecule has 2 rings (SSSR count). The molecule has 21 atom stereocenters. The number of amides is 1. The third-order valence-electron chi connectivity index (χ3n) is 15.5. The van der Waals surface area contributed by atoms with Crippen molar-refractivity contribution < 1.29 is 100 Å². The van der Waals surface area contributed by atoms with E-state index < -0.39 is 134 Å². The molecule has 2 aliphatic rings. The van der Waals surface area contributed by atoms with Gasteiger partial charge in [-0.3, -0.25) is 14.4 Å². The maximum Gasteiger partial charge on any atom is 0.244 e. The second kappa shape index (κ2) is 46.7. The molecule has 21 unspecified atom stereocenters. The Morgan fingerprint density at radius 2 is 0.956 bits per heavy atom. The minimum atomic E-state index is -1.62. The zero-order valence-corrected chi connectivity index (χ0v) is 52.9. The lowest BCUT2D eigenvalue weighted by Gasteiger charge is -2.41. The van der Waals surface area contributed by atoms with Crippen LogP contribution in [-0.4, -0.2) is 217 Å². The van der Waals surface area contributed by atoms with Crippen LogP contribution in [0.2, 0.25) is 0 Å². The summed E-state index contributed by atoms with van der Waals surface area (Å²) in [5.74, 6) is -2.50. The fourth-order valence-electron chi connectivity index (χ4n) is 9.86. The number of carbonyl (C=O) groups is 3. The molecule has 0 aromatic heterocycles. The molecule has 1 aliphatic carbocycles. The number of ether oxygens (including phenoxy) is 2. The number of nitrogens with two attached hydrogens (primary N) is 1. The maximum absolute atomic E-state index is 11.9. The lowest BCUT2D eigenvalue weighted by atomic mass is 9.89. The first kappa shape index (κ1) is 81.8. The molecule has 1 saturated heterocycles. The molecular formula is C69H106N2O20. The van der Waals surface area contributed by atoms with Crippen molar-refractivity contribution in [2.24, 2.45) is 23.5 Å². The van der Waals surface area contributed by atoms with Gasteiger partial charge in [-0.25, -0.2) is 0 Å². The molecule has 0 spiro atoms. The summed E-state index contributed by atoms with van der Waals surface area (Å²) in [6, 6.07) is -1.05. The molecule has 0 aromatic carbocycles. The number of Topliss-reactive ketones (excluding diaryl/α,β-unsaturated/α-hetero) is 2. The fraction of sp³-hybridized carbons (Fsp3) is 0.580. The van der Waals surface area contributed by atoms with Crippen molar-refractivity contribution in [3.8, 4) is 0 Å². The van der Waals surface area contributed by atoms with E-state index in [4.69, 9.17) is 15.2 Å². The van der Waals surface area contributed by atoms with Gasteiger partial charge < -0.3 is 97.1 Å². The van der Waals surface area contributed by atoms with Crippen LogP contribution in [0.3, 0.4) is 0 Å². The van der Waals surface area contributed by atoms with Gasteiger partial charge in [0.2, 0.25) is 5.91 Å². The van der Waals surface area contributed by atoms with Crippen LogP contribution in [0.4, 0.5) is 0 Å². The molecule has 0 bridgehead atoms. The summed E-state index contributed by atoms with van der Waals surface area (Å²) >= 11 is 0. The van der Waals surface area contributed by atoms with E-state index in [1.54, 1.807) is 111 Å². The van der Waals surface area contributed by atoms with Gasteiger partial charge >= 0.3 is 0 Å². The Morgan fingerprint density at radius 3 is 1.47 bits per heavy atom. The topological polar surface area (TPSA) is 411 Å². The predicted molar refractivity (Wildman–Crippen MR) is 347 cm³/mol. The quantitative estimate of drug-likeness (QED) is 0.0180. The number of aliphatic hydroxyl groups is 15. The summed E-state index contributed by atoms with van der Waals surface area (Å²) in [6.07, 6.45) is 23.8. The van der Waals surface area contributed by atoms with Crippen LogP contribution in [-0.2, 0) is 23.9 Å². The lowest BCUT2D eigenvalue weighted by Crippen LogP contribution is -2.58. The summed E-state index contributed by atoms with van der Waals surface area (Å²) in [6.45, 7) is 7.07. The number of hydrogen-bond acceptors (Lipinski definition) is 21. The second-order valence-corrected chi connectivity index (χ2v) is 23.6. The maximum atomic E-state index is 11.9. The molecule has 2 fully saturated rings. The number of aliphatic hydroxyl groups excluding tert-OH is 15. The first-order valence-electron chi connectivity index (χ1n) is 31.5. The van der Waals surface area contributed by atoms with Crippen molar-refractivity contribution in [1.82, 2.24) is 5.32 Å². The van der Waals surface area contributed by atoms with Crippen LogP contribution in [0.5, 0.6) is 0 Å². The monoisotopic (exact) mass is 1280 g/mol. The predicted octanol–water partition coefficient (Wildman–Crippen LogP) is 2.34. The molecule has 1 aliphatic heterocycles. The highest BCUT2D eigenvalue weighted by Crippen LogP contribution is 2.29. The number of hydrogen-bond donors (Lipinski definition) is 17. The summed E-state index contributed by atoms with van der Waals surface area (Å²) < 4.78 is 11.8. The van der Waals surface area contributed by atoms with Gasteiger partial charge in [-0.15, -0.1) is 0 Å². The van der Waals surface area contributed by atoms with Crippen LogP contribution in [0, 0.1) is 17.8 Å². The van der Waals surface area contributed by atoms with E-state index in [1.165, 1.54) is 37.3 Å². The van der Waals surface area contributed by atoms with E-state index in [0.717, 1.165) is 0 Å². The van der Waals surface area contributed by atoms with Crippen molar-refractivity contribution in [3.05, 3.63) is 158 Å². The van der Waals surface area contributed by atoms with Crippen molar-refractivity contribution >= 4 is 17.5 Å². The summed E-state index contributed by atoms with van der Waals surface area (Å²) in [7, 11) is 0. The number of ketones is 2. The van der Waals surface area contributed by atoms with E-state index in [-0.39, 0.29) is 94.5 Å². The van der Waals surface area contributed by atoms with Gasteiger partial charge in [0.1, 0.15) is 24.4 Å². The van der Waals surface area contributed by atoms with Gasteiger partial charge in [-0.1, -0.05) is 173 Å². The van der Waals surface area contributed by atoms with Gasteiger partial charge in [-0.2, -0.15) is 0 Å². The Morgan fingerprint density at radius 1 is 0.516 bits per heavy atom. The minimum Gasteiger partial charge on any atom is -0.393 e. The smallest absolute Gasteiger partial charge is 0.244 e. The van der Waals surface area contributed by atoms with Gasteiger partial charge in [0, 0.05) is 49.5 Å². The minimum absolute atomic E-state index is 0.0300. The van der Waals surface area contributed by atoms with Crippen LogP contribution >= 0.6 is 0 Å². The van der Waals surface area contributed by atoms with Gasteiger partial charge in [0.15, 0.2) is 17.9 Å². The number of nitrogens with one attached hydrogen (secondary N) is 1. The third kappa shape index (κ3) is 35.5. The summed E-state index contributed by atoms with van der Waals surface area (Å²) in [5.41, 5.74) is 5.40. The molecule has 91 heavy (non-hydrogen) atoms. The molecular weight excluding hydrogens is 1180 g/mol. The average molecular weight is 1280 g/mol. The third-order valence-corrected chi connectivity index (χ3v) is 15.5.